The molecule has 5 unspecified atom stereocenters. The lowest BCUT2D eigenvalue weighted by Crippen LogP contribution is -2.58. The molecule has 2 fully saturated rings. The molecule has 2 aliphatic heterocycles. The predicted molar refractivity (Wildman–Crippen MR) is 150 cm³/mol. The maximum atomic E-state index is 13.8. The Hall–Kier alpha value is -3.53. The molecule has 0 radical (unpaired) electrons. The van der Waals surface area contributed by atoms with E-state index in [2.05, 4.69) is 25.6 Å². The Morgan fingerprint density at radius 3 is 1.61 bits per heavy atom. The van der Waals surface area contributed by atoms with E-state index in [4.69, 9.17) is 9.47 Å². The van der Waals surface area contributed by atoms with Crippen LogP contribution in [-0.4, -0.2) is 126 Å². The lowest BCUT2D eigenvalue weighted by molar-refractivity contribution is -0.189. The van der Waals surface area contributed by atoms with E-state index in [1.165, 1.54) is 10.9 Å². The van der Waals surface area contributed by atoms with Gasteiger partial charge in [-0.25, -0.2) is 22.5 Å². The van der Waals surface area contributed by atoms with Gasteiger partial charge in [0.15, 0.2) is 17.5 Å². The monoisotopic (exact) mass is 667 g/mol. The first kappa shape index (κ1) is 32.4. The highest BCUT2D eigenvalue weighted by Crippen LogP contribution is 2.42. The number of halogens is 3. The minimum Gasteiger partial charge on any atom is -0.394 e. The number of ether oxygens (including phenoxy) is 2. The standard InChI is InChI=1S/C27H28F3N7O8S/c28-13-5-12(6-14(29)19(13)30)16-8-37(35-33-16)21-23(41)18(10-39)45-27(25(21)43)46-26-24(42)20(22(40)17(9-38)44-26)36-7-15(32-34-36)11-1-3-31-4-2-11/h1-8,17-18,20-27,38-43H,9-10H2/t17-,18?,20?,21+,22?,23+,24-,25?,26?,27+/m1/s1. The first-order chi connectivity index (χ1) is 22.1. The van der Waals surface area contributed by atoms with Gasteiger partial charge in [-0.1, -0.05) is 22.2 Å². The summed E-state index contributed by atoms with van der Waals surface area (Å²) in [7, 11) is 0. The molecule has 0 bridgehead atoms. The number of aliphatic hydroxyl groups is 6. The lowest BCUT2D eigenvalue weighted by atomic mass is 9.97. The molecule has 5 heterocycles. The molecule has 0 amide bonds. The van der Waals surface area contributed by atoms with Crippen LogP contribution in [0.15, 0.2) is 49.1 Å². The minimum atomic E-state index is -1.67. The van der Waals surface area contributed by atoms with E-state index in [0.717, 1.165) is 22.6 Å². The fourth-order valence-corrected chi connectivity index (χ4v) is 6.78. The van der Waals surface area contributed by atoms with Crippen molar-refractivity contribution < 1.29 is 53.3 Å². The van der Waals surface area contributed by atoms with Crippen LogP contribution in [0.25, 0.3) is 22.5 Å². The molecule has 0 spiro atoms. The number of hydrogen-bond donors (Lipinski definition) is 6. The Bertz CT molecular complexity index is 1630. The average molecular weight is 668 g/mol. The van der Waals surface area contributed by atoms with Gasteiger partial charge in [-0.3, -0.25) is 4.98 Å². The van der Waals surface area contributed by atoms with Gasteiger partial charge in [0.05, 0.1) is 25.6 Å². The first-order valence-corrected chi connectivity index (χ1v) is 14.8. The molecular formula is C27H28F3N7O8S. The maximum Gasteiger partial charge on any atom is 0.194 e. The number of aliphatic hydroxyl groups excluding tert-OH is 6. The molecule has 10 atom stereocenters. The van der Waals surface area contributed by atoms with Gasteiger partial charge >= 0.3 is 0 Å². The third-order valence-electron chi connectivity index (χ3n) is 7.85. The number of nitrogens with zero attached hydrogens (tertiary/aromatic N) is 7. The van der Waals surface area contributed by atoms with Crippen LogP contribution in [0.4, 0.5) is 13.2 Å². The summed E-state index contributed by atoms with van der Waals surface area (Å²) in [5.41, 5.74) is -1.75. The Kier molecular flexibility index (Phi) is 9.37. The van der Waals surface area contributed by atoms with Crippen LogP contribution in [0.5, 0.6) is 0 Å². The van der Waals surface area contributed by atoms with Gasteiger partial charge in [0.1, 0.15) is 71.0 Å². The smallest absolute Gasteiger partial charge is 0.194 e. The third kappa shape index (κ3) is 6.00. The van der Waals surface area contributed by atoms with Gasteiger partial charge in [-0.2, -0.15) is 0 Å². The highest BCUT2D eigenvalue weighted by molar-refractivity contribution is 8.00. The molecule has 246 valence electrons. The molecule has 46 heavy (non-hydrogen) atoms. The molecule has 3 aromatic heterocycles. The summed E-state index contributed by atoms with van der Waals surface area (Å²) < 4.78 is 54.9. The first-order valence-electron chi connectivity index (χ1n) is 13.9. The normalized spacial score (nSPS) is 31.7. The van der Waals surface area contributed by atoms with E-state index in [9.17, 15) is 43.8 Å². The highest BCUT2D eigenvalue weighted by atomic mass is 32.2. The van der Waals surface area contributed by atoms with E-state index >= 15 is 0 Å². The molecule has 1 aromatic carbocycles. The highest BCUT2D eigenvalue weighted by Gasteiger charge is 2.51. The molecule has 0 aliphatic carbocycles. The summed E-state index contributed by atoms with van der Waals surface area (Å²) in [6.07, 6.45) is -2.83. The number of pyridine rings is 1. The molecule has 2 aliphatic rings. The summed E-state index contributed by atoms with van der Waals surface area (Å²) in [4.78, 5) is 3.95. The van der Waals surface area contributed by atoms with Gasteiger partial charge in [-0.05, 0) is 24.3 Å². The number of benzene rings is 1. The Morgan fingerprint density at radius 1 is 0.696 bits per heavy atom. The summed E-state index contributed by atoms with van der Waals surface area (Å²) in [6.45, 7) is -1.35. The topological polar surface area (TPSA) is 214 Å². The molecule has 15 nitrogen and oxygen atoms in total. The Morgan fingerprint density at radius 2 is 1.15 bits per heavy atom. The van der Waals surface area contributed by atoms with E-state index in [1.54, 1.807) is 24.5 Å². The second kappa shape index (κ2) is 13.3. The molecule has 6 rings (SSSR count). The quantitative estimate of drug-likeness (QED) is 0.130. The summed E-state index contributed by atoms with van der Waals surface area (Å²) in [6, 6.07) is 2.29. The van der Waals surface area contributed by atoms with Gasteiger partial charge in [0, 0.05) is 23.5 Å². The van der Waals surface area contributed by atoms with Crippen LogP contribution in [-0.2, 0) is 9.47 Å². The van der Waals surface area contributed by atoms with Crippen molar-refractivity contribution in [1.82, 2.24) is 35.0 Å². The van der Waals surface area contributed by atoms with Crippen LogP contribution < -0.4 is 0 Å². The predicted octanol–water partition coefficient (Wildman–Crippen LogP) is -0.591. The van der Waals surface area contributed by atoms with Crippen molar-refractivity contribution in [3.05, 3.63) is 66.5 Å². The van der Waals surface area contributed by atoms with Gasteiger partial charge in [-0.15, -0.1) is 10.2 Å². The second-order valence-electron chi connectivity index (χ2n) is 10.7. The molecule has 2 saturated heterocycles. The largest absolute Gasteiger partial charge is 0.394 e. The van der Waals surface area contributed by atoms with Crippen molar-refractivity contribution in [2.24, 2.45) is 0 Å². The second-order valence-corrected chi connectivity index (χ2v) is 11.9. The number of hydrogen-bond acceptors (Lipinski definition) is 14. The number of thioether (sulfide) groups is 1. The summed E-state index contributed by atoms with van der Waals surface area (Å²) in [5.74, 6) is -4.58. The Labute approximate surface area is 261 Å². The molecular weight excluding hydrogens is 639 g/mol. The van der Waals surface area contributed by atoms with E-state index < -0.39 is 90.2 Å². The van der Waals surface area contributed by atoms with Crippen molar-refractivity contribution in [3.63, 3.8) is 0 Å². The van der Waals surface area contributed by atoms with E-state index in [1.807, 2.05) is 0 Å². The maximum absolute atomic E-state index is 13.8. The third-order valence-corrected chi connectivity index (χ3v) is 9.17. The number of rotatable bonds is 8. The van der Waals surface area contributed by atoms with Crippen molar-refractivity contribution in [3.8, 4) is 22.5 Å². The van der Waals surface area contributed by atoms with Crippen LogP contribution in [0.2, 0.25) is 0 Å². The van der Waals surface area contributed by atoms with Crippen LogP contribution in [0.1, 0.15) is 12.1 Å². The van der Waals surface area contributed by atoms with Crippen molar-refractivity contribution in [2.45, 2.75) is 59.6 Å². The fourth-order valence-electron chi connectivity index (χ4n) is 5.45. The molecule has 0 saturated carbocycles. The molecule has 6 N–H and O–H groups in total. The zero-order valence-electron chi connectivity index (χ0n) is 23.5. The summed E-state index contributed by atoms with van der Waals surface area (Å²) in [5, 5.41) is 80.4. The van der Waals surface area contributed by atoms with E-state index in [0.29, 0.717) is 23.4 Å². The van der Waals surface area contributed by atoms with Crippen LogP contribution in [0, 0.1) is 17.5 Å². The lowest BCUT2D eigenvalue weighted by Gasteiger charge is -2.46. The van der Waals surface area contributed by atoms with Crippen LogP contribution in [0.3, 0.4) is 0 Å². The zero-order valence-corrected chi connectivity index (χ0v) is 24.3. The van der Waals surface area contributed by atoms with Gasteiger partial charge < -0.3 is 40.1 Å². The van der Waals surface area contributed by atoms with Crippen molar-refractivity contribution in [1.29, 1.82) is 0 Å². The minimum absolute atomic E-state index is 0.110. The number of aromatic nitrogens is 7. The van der Waals surface area contributed by atoms with Crippen molar-refractivity contribution in [2.75, 3.05) is 13.2 Å². The molecule has 19 heteroatoms. The van der Waals surface area contributed by atoms with Gasteiger partial charge in [0.25, 0.3) is 0 Å². The van der Waals surface area contributed by atoms with Crippen molar-refractivity contribution >= 4 is 11.8 Å². The Balaban J connectivity index is 1.25. The molecule has 4 aromatic rings. The SMILES string of the molecule is OCC1O[C@@H](SC2O[C@H](CO)C(O)C(n3cc(-c4ccncc4)nn3)[C@H]2O)C(O)[C@@H](n2cc(-c3cc(F)c(F)c(F)c3)nn2)[C@H]1O. The van der Waals surface area contributed by atoms with E-state index in [-0.39, 0.29) is 11.3 Å². The fraction of sp³-hybridized carbons (Fsp3) is 0.444. The zero-order chi connectivity index (χ0) is 32.7. The van der Waals surface area contributed by atoms with Crippen LogP contribution >= 0.6 is 11.8 Å². The van der Waals surface area contributed by atoms with Gasteiger partial charge in [0.2, 0.25) is 0 Å². The summed E-state index contributed by atoms with van der Waals surface area (Å²) >= 11 is 0.748. The average Bonchev–Trinajstić information content (AvgIpc) is 3.74.